The van der Waals surface area contributed by atoms with Gasteiger partial charge in [-0.1, -0.05) is 48.0 Å². The Kier molecular flexibility index (Phi) is 8.52. The monoisotopic (exact) mass is 494 g/mol. The van der Waals surface area contributed by atoms with E-state index in [4.69, 9.17) is 16.0 Å². The SMILES string of the molecule is C=CCN(CC(=O)N(Cc1ccccc1)Cc1coc2ccc(C)cc2c1=O)C(=O)C(C)(C)CCl. The van der Waals surface area contributed by atoms with Gasteiger partial charge in [0, 0.05) is 19.0 Å². The van der Waals surface area contributed by atoms with Crippen molar-refractivity contribution in [3.05, 3.63) is 94.4 Å². The third kappa shape index (κ3) is 6.40. The van der Waals surface area contributed by atoms with Crippen LogP contribution in [-0.2, 0) is 22.7 Å². The summed E-state index contributed by atoms with van der Waals surface area (Å²) in [6.45, 7) is 9.49. The first-order chi connectivity index (χ1) is 16.7. The first-order valence-corrected chi connectivity index (χ1v) is 12.0. The fourth-order valence-electron chi connectivity index (χ4n) is 3.76. The molecule has 0 aliphatic carbocycles. The normalized spacial score (nSPS) is 11.3. The van der Waals surface area contributed by atoms with Gasteiger partial charge in [0.05, 0.1) is 29.2 Å². The fraction of sp³-hybridized carbons (Fsp3) is 0.321. The standard InChI is InChI=1S/C28H31ClN2O4/c1-5-13-30(27(34)28(3,4)19-29)17-25(32)31(15-21-9-7-6-8-10-21)16-22-18-35-24-12-11-20(2)14-23(24)26(22)33/h5-12,14,18H,1,13,15-17,19H2,2-4H3. The summed E-state index contributed by atoms with van der Waals surface area (Å²) < 4.78 is 5.70. The second kappa shape index (κ2) is 11.4. The van der Waals surface area contributed by atoms with Crippen LogP contribution in [0.4, 0.5) is 0 Å². The molecule has 0 aliphatic heterocycles. The Hall–Kier alpha value is -3.38. The Morgan fingerprint density at radius 3 is 2.46 bits per heavy atom. The van der Waals surface area contributed by atoms with E-state index in [0.717, 1.165) is 11.1 Å². The molecule has 0 N–H and O–H groups in total. The van der Waals surface area contributed by atoms with Crippen molar-refractivity contribution < 1.29 is 14.0 Å². The zero-order valence-corrected chi connectivity index (χ0v) is 21.2. The molecule has 3 aromatic rings. The van der Waals surface area contributed by atoms with E-state index in [2.05, 4.69) is 6.58 Å². The lowest BCUT2D eigenvalue weighted by Crippen LogP contribution is -2.47. The van der Waals surface area contributed by atoms with Gasteiger partial charge in [-0.3, -0.25) is 14.4 Å². The maximum absolute atomic E-state index is 13.5. The molecule has 2 aromatic carbocycles. The summed E-state index contributed by atoms with van der Waals surface area (Å²) in [5, 5.41) is 0.474. The van der Waals surface area contributed by atoms with Crippen LogP contribution in [0, 0.1) is 12.3 Å². The van der Waals surface area contributed by atoms with Gasteiger partial charge >= 0.3 is 0 Å². The predicted octanol–water partition coefficient (Wildman–Crippen LogP) is 4.91. The molecule has 1 heterocycles. The number of hydrogen-bond donors (Lipinski definition) is 0. The summed E-state index contributed by atoms with van der Waals surface area (Å²) in [5.74, 6) is -0.404. The highest BCUT2D eigenvalue weighted by Gasteiger charge is 2.32. The Morgan fingerprint density at radius 1 is 1.09 bits per heavy atom. The molecule has 0 saturated carbocycles. The van der Waals surface area contributed by atoms with Gasteiger partial charge < -0.3 is 14.2 Å². The topological polar surface area (TPSA) is 70.8 Å². The highest BCUT2D eigenvalue weighted by atomic mass is 35.5. The number of halogens is 1. The van der Waals surface area contributed by atoms with Crippen LogP contribution in [0.3, 0.4) is 0 Å². The van der Waals surface area contributed by atoms with Crippen molar-refractivity contribution in [2.75, 3.05) is 19.0 Å². The minimum absolute atomic E-state index is 0.0506. The molecule has 0 radical (unpaired) electrons. The lowest BCUT2D eigenvalue weighted by molar-refractivity contribution is -0.145. The van der Waals surface area contributed by atoms with Crippen LogP contribution in [0.2, 0.25) is 0 Å². The highest BCUT2D eigenvalue weighted by Crippen LogP contribution is 2.21. The maximum Gasteiger partial charge on any atom is 0.242 e. The second-order valence-corrected chi connectivity index (χ2v) is 9.58. The zero-order valence-electron chi connectivity index (χ0n) is 20.4. The molecular formula is C28H31ClN2O4. The number of carbonyl (C=O) groups is 2. The number of carbonyl (C=O) groups excluding carboxylic acids is 2. The summed E-state index contributed by atoms with van der Waals surface area (Å²) in [4.78, 5) is 42.8. The van der Waals surface area contributed by atoms with Crippen molar-refractivity contribution in [3.8, 4) is 0 Å². The molecule has 1 aromatic heterocycles. The van der Waals surface area contributed by atoms with Crippen LogP contribution >= 0.6 is 11.6 Å². The third-order valence-corrected chi connectivity index (χ3v) is 6.47. The van der Waals surface area contributed by atoms with Crippen LogP contribution in [0.1, 0.15) is 30.5 Å². The average molecular weight is 495 g/mol. The molecule has 0 atom stereocenters. The summed E-state index contributed by atoms with van der Waals surface area (Å²) in [5.41, 5.74) is 1.71. The van der Waals surface area contributed by atoms with Gasteiger partial charge in [-0.25, -0.2) is 0 Å². The smallest absolute Gasteiger partial charge is 0.242 e. The van der Waals surface area contributed by atoms with E-state index in [0.29, 0.717) is 16.5 Å². The van der Waals surface area contributed by atoms with Gasteiger partial charge in [0.25, 0.3) is 0 Å². The number of rotatable bonds is 10. The number of benzene rings is 2. The predicted molar refractivity (Wildman–Crippen MR) is 139 cm³/mol. The molecule has 3 rings (SSSR count). The minimum Gasteiger partial charge on any atom is -0.464 e. The van der Waals surface area contributed by atoms with Crippen molar-refractivity contribution >= 4 is 34.4 Å². The molecule has 0 saturated heterocycles. The lowest BCUT2D eigenvalue weighted by atomic mass is 9.94. The van der Waals surface area contributed by atoms with Gasteiger partial charge in [-0.05, 0) is 38.5 Å². The summed E-state index contributed by atoms with van der Waals surface area (Å²) in [6, 6.07) is 14.9. The Labute approximate surface area is 210 Å². The van der Waals surface area contributed by atoms with Gasteiger partial charge in [0.15, 0.2) is 5.43 Å². The van der Waals surface area contributed by atoms with Gasteiger partial charge in [-0.2, -0.15) is 0 Å². The number of amides is 2. The zero-order chi connectivity index (χ0) is 25.6. The van der Waals surface area contributed by atoms with Crippen LogP contribution in [0.25, 0.3) is 11.0 Å². The minimum atomic E-state index is -0.827. The van der Waals surface area contributed by atoms with Crippen molar-refractivity contribution in [1.29, 1.82) is 0 Å². The molecule has 0 unspecified atom stereocenters. The number of alkyl halides is 1. The molecule has 2 amide bonds. The highest BCUT2D eigenvalue weighted by molar-refractivity contribution is 6.19. The van der Waals surface area contributed by atoms with E-state index in [1.807, 2.05) is 43.3 Å². The maximum atomic E-state index is 13.5. The molecular weight excluding hydrogens is 464 g/mol. The molecule has 0 fully saturated rings. The summed E-state index contributed by atoms with van der Waals surface area (Å²) in [7, 11) is 0. The first-order valence-electron chi connectivity index (χ1n) is 11.4. The first kappa shape index (κ1) is 26.2. The molecule has 7 heteroatoms. The Balaban J connectivity index is 1.93. The largest absolute Gasteiger partial charge is 0.464 e. The molecule has 0 aliphatic rings. The lowest BCUT2D eigenvalue weighted by Gasteiger charge is -2.31. The number of hydrogen-bond acceptors (Lipinski definition) is 4. The number of fused-ring (bicyclic) bond motifs is 1. The fourth-order valence-corrected chi connectivity index (χ4v) is 3.87. The summed E-state index contributed by atoms with van der Waals surface area (Å²) >= 11 is 6.01. The number of nitrogens with zero attached hydrogens (tertiary/aromatic N) is 2. The Morgan fingerprint density at radius 2 is 1.80 bits per heavy atom. The van der Waals surface area contributed by atoms with Gasteiger partial charge in [0.2, 0.25) is 11.8 Å². The third-order valence-electron chi connectivity index (χ3n) is 5.81. The van der Waals surface area contributed by atoms with E-state index < -0.39 is 5.41 Å². The van der Waals surface area contributed by atoms with E-state index in [-0.39, 0.29) is 49.3 Å². The molecule has 184 valence electrons. The van der Waals surface area contributed by atoms with Crippen LogP contribution in [-0.4, -0.2) is 40.6 Å². The molecule has 6 nitrogen and oxygen atoms in total. The van der Waals surface area contributed by atoms with E-state index in [1.165, 1.54) is 11.2 Å². The van der Waals surface area contributed by atoms with E-state index in [1.54, 1.807) is 37.0 Å². The second-order valence-electron chi connectivity index (χ2n) is 9.32. The molecule has 0 bridgehead atoms. The molecule has 35 heavy (non-hydrogen) atoms. The van der Waals surface area contributed by atoms with Crippen molar-refractivity contribution in [3.63, 3.8) is 0 Å². The van der Waals surface area contributed by atoms with E-state index in [9.17, 15) is 14.4 Å². The number of aryl methyl sites for hydroxylation is 1. The van der Waals surface area contributed by atoms with Gasteiger partial charge in [0.1, 0.15) is 12.1 Å². The van der Waals surface area contributed by atoms with Crippen LogP contribution in [0.5, 0.6) is 0 Å². The average Bonchev–Trinajstić information content (AvgIpc) is 2.85. The Bertz CT molecular complexity index is 1270. The van der Waals surface area contributed by atoms with Crippen LogP contribution < -0.4 is 5.43 Å². The van der Waals surface area contributed by atoms with Crippen molar-refractivity contribution in [2.45, 2.75) is 33.9 Å². The van der Waals surface area contributed by atoms with Crippen molar-refractivity contribution in [2.24, 2.45) is 5.41 Å². The molecule has 0 spiro atoms. The van der Waals surface area contributed by atoms with Crippen LogP contribution in [0.15, 0.2) is 76.7 Å². The van der Waals surface area contributed by atoms with E-state index >= 15 is 0 Å². The quantitative estimate of drug-likeness (QED) is 0.296. The van der Waals surface area contributed by atoms with Gasteiger partial charge in [-0.15, -0.1) is 18.2 Å². The van der Waals surface area contributed by atoms with Crippen molar-refractivity contribution in [1.82, 2.24) is 9.80 Å². The summed E-state index contributed by atoms with van der Waals surface area (Å²) in [6.07, 6.45) is 2.99.